The van der Waals surface area contributed by atoms with E-state index >= 15 is 0 Å². The van der Waals surface area contributed by atoms with E-state index in [1.807, 2.05) is 20.8 Å². The van der Waals surface area contributed by atoms with Gasteiger partial charge in [0.25, 0.3) is 0 Å². The average Bonchev–Trinajstić information content (AvgIpc) is 2.24. The summed E-state index contributed by atoms with van der Waals surface area (Å²) >= 11 is 0. The summed E-state index contributed by atoms with van der Waals surface area (Å²) in [7, 11) is 0. The van der Waals surface area contributed by atoms with Crippen molar-refractivity contribution >= 4 is 11.9 Å². The molecule has 0 aromatic carbocycles. The van der Waals surface area contributed by atoms with E-state index < -0.39 is 12.2 Å². The summed E-state index contributed by atoms with van der Waals surface area (Å²) < 4.78 is 5.30. The minimum absolute atomic E-state index is 0.0778. The smallest absolute Gasteiger partial charge is 0.408 e. The second-order valence-electron chi connectivity index (χ2n) is 5.90. The Morgan fingerprint density at radius 1 is 1.28 bits per heavy atom. The van der Waals surface area contributed by atoms with Crippen LogP contribution in [0.15, 0.2) is 0 Å². The highest BCUT2D eigenvalue weighted by atomic mass is 16.6. The topological polar surface area (TPSA) is 67.4 Å². The highest BCUT2D eigenvalue weighted by molar-refractivity contribution is 5.83. The molecular weight excluding hydrogens is 232 g/mol. The minimum atomic E-state index is -0.616. The number of hydrogen-bond acceptors (Lipinski definition) is 4. The number of carbonyl (C=O) groups is 2. The van der Waals surface area contributed by atoms with Crippen molar-refractivity contribution in [2.45, 2.75) is 52.2 Å². The molecule has 1 amide bonds. The van der Waals surface area contributed by atoms with Gasteiger partial charge in [-0.3, -0.25) is 4.79 Å². The minimum Gasteiger partial charge on any atom is -0.438 e. The Balaban J connectivity index is 2.57. The van der Waals surface area contributed by atoms with E-state index in [0.717, 1.165) is 25.9 Å². The van der Waals surface area contributed by atoms with Crippen LogP contribution in [-0.2, 0) is 9.53 Å². The standard InChI is InChI=1S/C13H24N2O3/c1-9(16)11(10-5-7-14-8-6-10)18-12(17)15-13(2,3)4/h10-11,14H,5-8H2,1-4H3,(H,15,17). The van der Waals surface area contributed by atoms with E-state index in [4.69, 9.17) is 4.74 Å². The van der Waals surface area contributed by atoms with Gasteiger partial charge in [-0.05, 0) is 53.6 Å². The molecule has 0 bridgehead atoms. The normalized spacial score (nSPS) is 19.1. The van der Waals surface area contributed by atoms with Gasteiger partial charge in [0.2, 0.25) is 0 Å². The van der Waals surface area contributed by atoms with Crippen molar-refractivity contribution in [1.29, 1.82) is 0 Å². The van der Waals surface area contributed by atoms with Crippen LogP contribution >= 0.6 is 0 Å². The number of piperidine rings is 1. The molecule has 0 spiro atoms. The number of Topliss-reactive ketones (excluding diaryl/α,β-unsaturated/α-hetero) is 1. The molecule has 1 aliphatic heterocycles. The summed E-state index contributed by atoms with van der Waals surface area (Å²) in [4.78, 5) is 23.3. The van der Waals surface area contributed by atoms with Gasteiger partial charge in [0.1, 0.15) is 0 Å². The molecule has 5 heteroatoms. The first-order valence-electron chi connectivity index (χ1n) is 6.49. The summed E-state index contributed by atoms with van der Waals surface area (Å²) in [5, 5.41) is 5.95. The molecule has 104 valence electrons. The highest BCUT2D eigenvalue weighted by Crippen LogP contribution is 2.20. The Morgan fingerprint density at radius 2 is 1.83 bits per heavy atom. The number of hydrogen-bond donors (Lipinski definition) is 2. The zero-order valence-electron chi connectivity index (χ0n) is 11.7. The first-order valence-corrected chi connectivity index (χ1v) is 6.49. The Bertz CT molecular complexity index is 304. The monoisotopic (exact) mass is 256 g/mol. The molecule has 0 radical (unpaired) electrons. The summed E-state index contributed by atoms with van der Waals surface area (Å²) in [6.07, 6.45) is 0.607. The molecule has 1 unspecified atom stereocenters. The maximum absolute atomic E-state index is 11.7. The van der Waals surface area contributed by atoms with E-state index in [1.165, 1.54) is 6.92 Å². The number of rotatable bonds is 3. The number of ketones is 1. The molecular formula is C13H24N2O3. The van der Waals surface area contributed by atoms with Gasteiger partial charge < -0.3 is 15.4 Å². The van der Waals surface area contributed by atoms with Crippen LogP contribution in [0, 0.1) is 5.92 Å². The molecule has 1 fully saturated rings. The van der Waals surface area contributed by atoms with Gasteiger partial charge in [-0.15, -0.1) is 0 Å². The molecule has 1 heterocycles. The van der Waals surface area contributed by atoms with Crippen molar-refractivity contribution in [1.82, 2.24) is 10.6 Å². The third-order valence-corrected chi connectivity index (χ3v) is 2.92. The Labute approximate surface area is 109 Å². The van der Waals surface area contributed by atoms with Crippen molar-refractivity contribution in [2.24, 2.45) is 5.92 Å². The van der Waals surface area contributed by atoms with Crippen molar-refractivity contribution in [3.8, 4) is 0 Å². The summed E-state index contributed by atoms with van der Waals surface area (Å²) in [5.74, 6) is 0.0560. The van der Waals surface area contributed by atoms with Crippen LogP contribution in [0.3, 0.4) is 0 Å². The highest BCUT2D eigenvalue weighted by Gasteiger charge is 2.31. The predicted molar refractivity (Wildman–Crippen MR) is 69.4 cm³/mol. The fourth-order valence-electron chi connectivity index (χ4n) is 2.11. The molecule has 0 aromatic heterocycles. The van der Waals surface area contributed by atoms with Crippen LogP contribution in [0.5, 0.6) is 0 Å². The second-order valence-corrected chi connectivity index (χ2v) is 5.90. The van der Waals surface area contributed by atoms with E-state index in [1.54, 1.807) is 0 Å². The van der Waals surface area contributed by atoms with Crippen LogP contribution in [0.2, 0.25) is 0 Å². The van der Waals surface area contributed by atoms with Gasteiger partial charge in [-0.25, -0.2) is 4.79 Å². The zero-order valence-corrected chi connectivity index (χ0v) is 11.7. The largest absolute Gasteiger partial charge is 0.438 e. The quantitative estimate of drug-likeness (QED) is 0.802. The van der Waals surface area contributed by atoms with Crippen molar-refractivity contribution < 1.29 is 14.3 Å². The zero-order chi connectivity index (χ0) is 13.8. The summed E-state index contributed by atoms with van der Waals surface area (Å²) in [6, 6.07) is 0. The maximum atomic E-state index is 11.7. The fraction of sp³-hybridized carbons (Fsp3) is 0.846. The number of ether oxygens (including phenoxy) is 1. The van der Waals surface area contributed by atoms with Gasteiger partial charge >= 0.3 is 6.09 Å². The number of nitrogens with one attached hydrogen (secondary N) is 2. The molecule has 1 aliphatic rings. The van der Waals surface area contributed by atoms with Crippen LogP contribution in [0.1, 0.15) is 40.5 Å². The first-order chi connectivity index (χ1) is 8.29. The maximum Gasteiger partial charge on any atom is 0.408 e. The van der Waals surface area contributed by atoms with Gasteiger partial charge in [0, 0.05) is 11.5 Å². The van der Waals surface area contributed by atoms with Gasteiger partial charge in [-0.1, -0.05) is 0 Å². The Morgan fingerprint density at radius 3 is 2.28 bits per heavy atom. The van der Waals surface area contributed by atoms with E-state index in [9.17, 15) is 9.59 Å². The van der Waals surface area contributed by atoms with Gasteiger partial charge in [0.05, 0.1) is 0 Å². The number of amides is 1. The van der Waals surface area contributed by atoms with Crippen LogP contribution in [-0.4, -0.2) is 36.6 Å². The van der Waals surface area contributed by atoms with Crippen LogP contribution in [0.25, 0.3) is 0 Å². The predicted octanol–water partition coefficient (Wildman–Crippen LogP) is 1.47. The molecule has 0 aliphatic carbocycles. The lowest BCUT2D eigenvalue weighted by molar-refractivity contribution is -0.128. The van der Waals surface area contributed by atoms with Crippen LogP contribution in [0.4, 0.5) is 4.79 Å². The van der Waals surface area contributed by atoms with Crippen molar-refractivity contribution in [3.63, 3.8) is 0 Å². The lowest BCUT2D eigenvalue weighted by Gasteiger charge is -2.30. The molecule has 1 atom stereocenters. The molecule has 1 saturated heterocycles. The Hall–Kier alpha value is -1.10. The summed E-state index contributed by atoms with van der Waals surface area (Å²) in [6.45, 7) is 8.86. The lowest BCUT2D eigenvalue weighted by Crippen LogP contribution is -2.46. The SMILES string of the molecule is CC(=O)C(OC(=O)NC(C)(C)C)C1CCNCC1. The Kier molecular flexibility index (Phi) is 5.14. The van der Waals surface area contributed by atoms with Crippen molar-refractivity contribution in [2.75, 3.05) is 13.1 Å². The van der Waals surface area contributed by atoms with E-state index in [2.05, 4.69) is 10.6 Å². The van der Waals surface area contributed by atoms with E-state index in [0.29, 0.717) is 0 Å². The van der Waals surface area contributed by atoms with E-state index in [-0.39, 0.29) is 17.2 Å². The summed E-state index contributed by atoms with van der Waals surface area (Å²) in [5.41, 5.74) is -0.355. The number of carbonyl (C=O) groups excluding carboxylic acids is 2. The number of alkyl carbamates (subject to hydrolysis) is 1. The van der Waals surface area contributed by atoms with Crippen molar-refractivity contribution in [3.05, 3.63) is 0 Å². The molecule has 1 rings (SSSR count). The fourth-order valence-corrected chi connectivity index (χ4v) is 2.11. The van der Waals surface area contributed by atoms with Crippen LogP contribution < -0.4 is 10.6 Å². The molecule has 18 heavy (non-hydrogen) atoms. The molecule has 0 aromatic rings. The third-order valence-electron chi connectivity index (χ3n) is 2.92. The van der Waals surface area contributed by atoms with Gasteiger partial charge in [0.15, 0.2) is 11.9 Å². The van der Waals surface area contributed by atoms with Gasteiger partial charge in [-0.2, -0.15) is 0 Å². The lowest BCUT2D eigenvalue weighted by atomic mass is 9.90. The molecule has 0 saturated carbocycles. The molecule has 5 nitrogen and oxygen atoms in total. The average molecular weight is 256 g/mol. The second kappa shape index (κ2) is 6.18. The third kappa shape index (κ3) is 5.04. The first kappa shape index (κ1) is 15.0. The molecule has 2 N–H and O–H groups in total.